The minimum Gasteiger partial charge on any atom is -0.486 e. The fourth-order valence-electron chi connectivity index (χ4n) is 3.15. The van der Waals surface area contributed by atoms with Crippen molar-refractivity contribution in [3.05, 3.63) is 23.8 Å². The predicted molar refractivity (Wildman–Crippen MR) is 81.6 cm³/mol. The van der Waals surface area contributed by atoms with Crippen LogP contribution in [-0.2, 0) is 6.42 Å². The fourth-order valence-corrected chi connectivity index (χ4v) is 3.15. The van der Waals surface area contributed by atoms with E-state index in [0.717, 1.165) is 17.1 Å². The highest BCUT2D eigenvalue weighted by molar-refractivity contribution is 5.43. The molecule has 0 aliphatic carbocycles. The molecule has 4 N–H and O–H groups in total. The molecule has 0 radical (unpaired) electrons. The normalized spacial score (nSPS) is 31.1. The number of benzene rings is 1. The quantitative estimate of drug-likeness (QED) is 0.549. The van der Waals surface area contributed by atoms with Crippen molar-refractivity contribution in [1.82, 2.24) is 4.90 Å². The highest BCUT2D eigenvalue weighted by Gasteiger charge is 2.40. The molecule has 4 atom stereocenters. The molecule has 2 heterocycles. The lowest BCUT2D eigenvalue weighted by molar-refractivity contribution is -0.144. The van der Waals surface area contributed by atoms with Crippen LogP contribution in [-0.4, -0.2) is 82.6 Å². The number of piperidine rings is 1. The Morgan fingerprint density at radius 1 is 1.04 bits per heavy atom. The summed E-state index contributed by atoms with van der Waals surface area (Å²) in [5, 5.41) is 39.0. The molecule has 0 amide bonds. The molecule has 3 rings (SSSR count). The molecule has 1 aromatic carbocycles. The van der Waals surface area contributed by atoms with Crippen LogP contribution in [0.25, 0.3) is 0 Å². The second kappa shape index (κ2) is 7.02. The third kappa shape index (κ3) is 3.44. The van der Waals surface area contributed by atoms with Crippen LogP contribution in [0, 0.1) is 0 Å². The molecule has 0 aromatic heterocycles. The summed E-state index contributed by atoms with van der Waals surface area (Å²) in [6.45, 7) is 1.58. The van der Waals surface area contributed by atoms with Gasteiger partial charge in [-0.1, -0.05) is 6.07 Å². The van der Waals surface area contributed by atoms with Crippen LogP contribution < -0.4 is 9.47 Å². The highest BCUT2D eigenvalue weighted by atomic mass is 16.6. The fraction of sp³-hybridized carbons (Fsp3) is 0.625. The van der Waals surface area contributed by atoms with Gasteiger partial charge < -0.3 is 29.9 Å². The lowest BCUT2D eigenvalue weighted by Gasteiger charge is -2.43. The second-order valence-electron chi connectivity index (χ2n) is 6.02. The number of ether oxygens (including phenoxy) is 2. The lowest BCUT2D eigenvalue weighted by Crippen LogP contribution is -2.62. The Bertz CT molecular complexity index is 539. The monoisotopic (exact) mass is 325 g/mol. The third-order valence-corrected chi connectivity index (χ3v) is 4.51. The molecule has 23 heavy (non-hydrogen) atoms. The largest absolute Gasteiger partial charge is 0.486 e. The maximum absolute atomic E-state index is 9.99. The average molecular weight is 325 g/mol. The van der Waals surface area contributed by atoms with Gasteiger partial charge in [-0.3, -0.25) is 4.90 Å². The first-order valence-corrected chi connectivity index (χ1v) is 7.88. The summed E-state index contributed by atoms with van der Waals surface area (Å²) >= 11 is 0. The van der Waals surface area contributed by atoms with Crippen molar-refractivity contribution >= 4 is 0 Å². The van der Waals surface area contributed by atoms with Gasteiger partial charge >= 0.3 is 0 Å². The zero-order valence-electron chi connectivity index (χ0n) is 12.8. The van der Waals surface area contributed by atoms with E-state index < -0.39 is 24.4 Å². The van der Waals surface area contributed by atoms with E-state index in [1.165, 1.54) is 0 Å². The summed E-state index contributed by atoms with van der Waals surface area (Å²) in [6.07, 6.45) is -2.74. The third-order valence-electron chi connectivity index (χ3n) is 4.51. The average Bonchev–Trinajstić information content (AvgIpc) is 2.58. The first-order valence-electron chi connectivity index (χ1n) is 7.88. The molecule has 0 bridgehead atoms. The summed E-state index contributed by atoms with van der Waals surface area (Å²) in [6, 6.07) is 5.17. The molecule has 0 spiro atoms. The zero-order chi connectivity index (χ0) is 16.4. The Kier molecular flexibility index (Phi) is 5.03. The summed E-state index contributed by atoms with van der Waals surface area (Å²) in [4.78, 5) is 1.80. The van der Waals surface area contributed by atoms with Crippen LogP contribution in [0.3, 0.4) is 0 Å². The Morgan fingerprint density at radius 2 is 1.78 bits per heavy atom. The van der Waals surface area contributed by atoms with E-state index in [-0.39, 0.29) is 13.2 Å². The number of nitrogens with zero attached hydrogens (tertiary/aromatic N) is 1. The van der Waals surface area contributed by atoms with Gasteiger partial charge in [0.15, 0.2) is 11.5 Å². The lowest BCUT2D eigenvalue weighted by atomic mass is 9.94. The van der Waals surface area contributed by atoms with E-state index in [2.05, 4.69) is 0 Å². The van der Waals surface area contributed by atoms with Crippen molar-refractivity contribution in [1.29, 1.82) is 0 Å². The molecule has 7 nitrogen and oxygen atoms in total. The van der Waals surface area contributed by atoms with Crippen LogP contribution in [0.4, 0.5) is 0 Å². The molecule has 1 saturated heterocycles. The van der Waals surface area contributed by atoms with E-state index in [0.29, 0.717) is 26.2 Å². The van der Waals surface area contributed by atoms with Gasteiger partial charge in [0, 0.05) is 13.1 Å². The van der Waals surface area contributed by atoms with Crippen molar-refractivity contribution in [2.75, 3.05) is 32.9 Å². The van der Waals surface area contributed by atoms with Gasteiger partial charge in [-0.15, -0.1) is 0 Å². The van der Waals surface area contributed by atoms with Gasteiger partial charge in [0.2, 0.25) is 0 Å². The van der Waals surface area contributed by atoms with E-state index in [9.17, 15) is 20.4 Å². The number of likely N-dealkylation sites (tertiary alicyclic amines) is 1. The molecule has 2 aliphatic heterocycles. The first-order chi connectivity index (χ1) is 11.1. The van der Waals surface area contributed by atoms with Crippen LogP contribution in [0.15, 0.2) is 18.2 Å². The van der Waals surface area contributed by atoms with Crippen molar-refractivity contribution in [3.63, 3.8) is 0 Å². The zero-order valence-corrected chi connectivity index (χ0v) is 12.8. The molecular weight excluding hydrogens is 302 g/mol. The number of β-amino-alcohol motifs (C(OH)–C–C–N with tert-alkyl or cyclic N) is 1. The maximum Gasteiger partial charge on any atom is 0.161 e. The summed E-state index contributed by atoms with van der Waals surface area (Å²) < 4.78 is 11.0. The molecule has 2 aliphatic rings. The number of aliphatic hydroxyl groups excluding tert-OH is 4. The van der Waals surface area contributed by atoms with Crippen LogP contribution in [0.2, 0.25) is 0 Å². The van der Waals surface area contributed by atoms with Crippen LogP contribution >= 0.6 is 0 Å². The van der Waals surface area contributed by atoms with E-state index >= 15 is 0 Å². The van der Waals surface area contributed by atoms with Crippen molar-refractivity contribution in [2.24, 2.45) is 0 Å². The molecular formula is C16H23NO6. The number of hydrogen-bond acceptors (Lipinski definition) is 7. The van der Waals surface area contributed by atoms with E-state index in [1.54, 1.807) is 4.90 Å². The SMILES string of the molecule is OC[C@@H]1[C@@H](O)[C@H](O)[C@@H](O)CN1CCc1ccc2c(c1)OCCO2. The predicted octanol–water partition coefficient (Wildman–Crippen LogP) is -1.24. The first kappa shape index (κ1) is 16.5. The smallest absolute Gasteiger partial charge is 0.161 e. The number of fused-ring (bicyclic) bond motifs is 1. The number of aliphatic hydroxyl groups is 4. The van der Waals surface area contributed by atoms with E-state index in [4.69, 9.17) is 9.47 Å². The van der Waals surface area contributed by atoms with Gasteiger partial charge in [-0.05, 0) is 24.1 Å². The molecule has 128 valence electrons. The van der Waals surface area contributed by atoms with Crippen LogP contribution in [0.5, 0.6) is 11.5 Å². The van der Waals surface area contributed by atoms with E-state index in [1.807, 2.05) is 18.2 Å². The van der Waals surface area contributed by atoms with Crippen molar-refractivity contribution in [3.8, 4) is 11.5 Å². The molecule has 0 unspecified atom stereocenters. The Hall–Kier alpha value is -1.38. The Morgan fingerprint density at radius 3 is 2.52 bits per heavy atom. The van der Waals surface area contributed by atoms with Crippen molar-refractivity contribution in [2.45, 2.75) is 30.8 Å². The summed E-state index contributed by atoms with van der Waals surface area (Å²) in [5.41, 5.74) is 1.04. The molecule has 1 aromatic rings. The molecule has 7 heteroatoms. The highest BCUT2D eigenvalue weighted by Crippen LogP contribution is 2.31. The van der Waals surface area contributed by atoms with Gasteiger partial charge in [-0.2, -0.15) is 0 Å². The standard InChI is InChI=1S/C16H23NO6/c18-9-11-15(20)16(21)12(19)8-17(11)4-3-10-1-2-13-14(7-10)23-6-5-22-13/h1-2,7,11-12,15-16,18-21H,3-6,8-9H2/t11-,12+,15-,16-/m1/s1. The minimum atomic E-state index is -1.22. The minimum absolute atomic E-state index is 0.216. The van der Waals surface area contributed by atoms with Crippen molar-refractivity contribution < 1.29 is 29.9 Å². The van der Waals surface area contributed by atoms with Gasteiger partial charge in [0.05, 0.1) is 18.8 Å². The number of rotatable bonds is 4. The molecule has 0 saturated carbocycles. The van der Waals surface area contributed by atoms with Gasteiger partial charge in [0.25, 0.3) is 0 Å². The van der Waals surface area contributed by atoms with Gasteiger partial charge in [-0.25, -0.2) is 0 Å². The topological polar surface area (TPSA) is 103 Å². The van der Waals surface area contributed by atoms with Crippen LogP contribution in [0.1, 0.15) is 5.56 Å². The summed E-state index contributed by atoms with van der Waals surface area (Å²) in [5.74, 6) is 1.46. The summed E-state index contributed by atoms with van der Waals surface area (Å²) in [7, 11) is 0. The number of hydrogen-bond donors (Lipinski definition) is 4. The second-order valence-corrected chi connectivity index (χ2v) is 6.02. The van der Waals surface area contributed by atoms with Gasteiger partial charge in [0.1, 0.15) is 25.4 Å². The molecule has 1 fully saturated rings. The maximum atomic E-state index is 9.99. The Balaban J connectivity index is 1.65. The Labute approximate surface area is 134 Å².